The van der Waals surface area contributed by atoms with E-state index in [2.05, 4.69) is 29.4 Å². The number of nitrogens with zero attached hydrogens (tertiary/aromatic N) is 2. The van der Waals surface area contributed by atoms with Crippen molar-refractivity contribution in [2.75, 3.05) is 31.6 Å². The van der Waals surface area contributed by atoms with Gasteiger partial charge in [-0.05, 0) is 69.9 Å². The molecule has 1 aliphatic rings. The number of carbonyl (C=O) groups is 3. The summed E-state index contributed by atoms with van der Waals surface area (Å²) in [6.07, 6.45) is 3.07. The molecular weight excluding hydrogens is 564 g/mol. The van der Waals surface area contributed by atoms with Crippen LogP contribution in [0.5, 0.6) is 0 Å². The number of benzene rings is 1. The summed E-state index contributed by atoms with van der Waals surface area (Å²) in [5, 5.41) is 5.44. The number of sulfonamides is 1. The van der Waals surface area contributed by atoms with Crippen molar-refractivity contribution in [2.24, 2.45) is 0 Å². The SMILES string of the molecule is CCCCN(CCCC)S(=O)(=O)c1ccc(C(=O)Nc2sc3c(c2C(=O)NC(=O)OCC)CCN(C(C)C)C3)cc1. The number of carbonyl (C=O) groups excluding carboxylic acids is 3. The average Bonchev–Trinajstić information content (AvgIpc) is 3.30. The number of hydrogen-bond acceptors (Lipinski definition) is 8. The number of thiophene rings is 1. The van der Waals surface area contributed by atoms with Crippen LogP contribution in [0.25, 0.3) is 0 Å². The highest BCUT2D eigenvalue weighted by Crippen LogP contribution is 2.38. The van der Waals surface area contributed by atoms with Gasteiger partial charge in [0.15, 0.2) is 0 Å². The fraction of sp³-hybridized carbons (Fsp3) is 0.552. The number of amides is 3. The Morgan fingerprint density at radius 2 is 1.66 bits per heavy atom. The molecule has 0 saturated heterocycles. The van der Waals surface area contributed by atoms with Crippen molar-refractivity contribution in [1.29, 1.82) is 0 Å². The Labute approximate surface area is 247 Å². The number of imide groups is 1. The molecule has 10 nitrogen and oxygen atoms in total. The molecule has 0 bridgehead atoms. The van der Waals surface area contributed by atoms with Crippen LogP contribution in [-0.2, 0) is 27.7 Å². The van der Waals surface area contributed by atoms with E-state index in [4.69, 9.17) is 4.74 Å². The minimum absolute atomic E-state index is 0.120. The maximum atomic E-state index is 13.3. The van der Waals surface area contributed by atoms with Gasteiger partial charge in [-0.1, -0.05) is 26.7 Å². The summed E-state index contributed by atoms with van der Waals surface area (Å²) in [6, 6.07) is 6.17. The zero-order valence-electron chi connectivity index (χ0n) is 24.6. The van der Waals surface area contributed by atoms with Gasteiger partial charge >= 0.3 is 6.09 Å². The quantitative estimate of drug-likeness (QED) is 0.319. The minimum Gasteiger partial charge on any atom is -0.450 e. The highest BCUT2D eigenvalue weighted by Gasteiger charge is 2.31. The van der Waals surface area contributed by atoms with Crippen molar-refractivity contribution in [1.82, 2.24) is 14.5 Å². The van der Waals surface area contributed by atoms with Crippen molar-refractivity contribution < 1.29 is 27.5 Å². The lowest BCUT2D eigenvalue weighted by molar-refractivity contribution is 0.0924. The monoisotopic (exact) mass is 606 g/mol. The summed E-state index contributed by atoms with van der Waals surface area (Å²) >= 11 is 1.31. The average molecular weight is 607 g/mol. The molecule has 3 amide bonds. The Morgan fingerprint density at radius 1 is 1.02 bits per heavy atom. The van der Waals surface area contributed by atoms with Crippen molar-refractivity contribution in [3.8, 4) is 0 Å². The maximum absolute atomic E-state index is 13.3. The summed E-state index contributed by atoms with van der Waals surface area (Å²) in [7, 11) is -3.69. The lowest BCUT2D eigenvalue weighted by atomic mass is 10.0. The van der Waals surface area contributed by atoms with E-state index in [-0.39, 0.29) is 22.6 Å². The molecular formula is C29H42N4O6S2. The van der Waals surface area contributed by atoms with Crippen LogP contribution in [0, 0.1) is 0 Å². The van der Waals surface area contributed by atoms with E-state index in [1.807, 2.05) is 13.8 Å². The predicted molar refractivity (Wildman–Crippen MR) is 161 cm³/mol. The van der Waals surface area contributed by atoms with E-state index in [0.717, 1.165) is 42.7 Å². The zero-order chi connectivity index (χ0) is 30.2. The first kappa shape index (κ1) is 32.7. The van der Waals surface area contributed by atoms with Gasteiger partial charge in [-0.25, -0.2) is 13.2 Å². The number of ether oxygens (including phenoxy) is 1. The molecule has 226 valence electrons. The van der Waals surface area contributed by atoms with E-state index < -0.39 is 27.9 Å². The van der Waals surface area contributed by atoms with Gasteiger partial charge in [-0.15, -0.1) is 11.3 Å². The topological polar surface area (TPSA) is 125 Å². The first-order valence-electron chi connectivity index (χ1n) is 14.3. The fourth-order valence-electron chi connectivity index (χ4n) is 4.64. The number of unbranched alkanes of at least 4 members (excludes halogenated alkanes) is 2. The third-order valence-electron chi connectivity index (χ3n) is 7.04. The number of anilines is 1. The molecule has 3 rings (SSSR count). The predicted octanol–water partition coefficient (Wildman–Crippen LogP) is 5.24. The second-order valence-corrected chi connectivity index (χ2v) is 13.3. The summed E-state index contributed by atoms with van der Waals surface area (Å²) < 4.78 is 33.0. The van der Waals surface area contributed by atoms with E-state index in [9.17, 15) is 22.8 Å². The third-order valence-corrected chi connectivity index (χ3v) is 10.1. The molecule has 2 N–H and O–H groups in total. The van der Waals surface area contributed by atoms with Gasteiger partial charge in [0.25, 0.3) is 11.8 Å². The van der Waals surface area contributed by atoms with Gasteiger partial charge in [-0.2, -0.15) is 4.31 Å². The van der Waals surface area contributed by atoms with Crippen molar-refractivity contribution in [3.05, 3.63) is 45.8 Å². The van der Waals surface area contributed by atoms with Crippen LogP contribution in [0.2, 0.25) is 0 Å². The fourth-order valence-corrected chi connectivity index (χ4v) is 7.42. The first-order chi connectivity index (χ1) is 19.5. The molecule has 0 aliphatic carbocycles. The molecule has 12 heteroatoms. The maximum Gasteiger partial charge on any atom is 0.414 e. The number of hydrogen-bond donors (Lipinski definition) is 2. The lowest BCUT2D eigenvalue weighted by Gasteiger charge is -2.30. The Morgan fingerprint density at radius 3 is 2.22 bits per heavy atom. The molecule has 0 atom stereocenters. The van der Waals surface area contributed by atoms with Gasteiger partial charge in [0.05, 0.1) is 17.1 Å². The standard InChI is InChI=1S/C29H42N4O6S2/c1-6-9-16-33(17-10-7-2)41(37,38)22-13-11-21(12-14-22)26(34)30-28-25(27(35)31-29(36)39-8-3)23-15-18-32(20(4)5)19-24(23)40-28/h11-14,20H,6-10,15-19H2,1-5H3,(H,30,34)(H,31,35,36). The number of nitrogens with one attached hydrogen (secondary N) is 2. The number of alkyl carbamates (subject to hydrolysis) is 1. The third kappa shape index (κ3) is 8.15. The van der Waals surface area contributed by atoms with E-state index in [0.29, 0.717) is 37.1 Å². The van der Waals surface area contributed by atoms with Gasteiger partial charge in [0, 0.05) is 42.7 Å². The van der Waals surface area contributed by atoms with Crippen LogP contribution >= 0.6 is 11.3 Å². The van der Waals surface area contributed by atoms with Gasteiger partial charge in [-0.3, -0.25) is 19.8 Å². The molecule has 0 saturated carbocycles. The molecule has 2 aromatic rings. The van der Waals surface area contributed by atoms with E-state index in [1.54, 1.807) is 6.92 Å². The second kappa shape index (κ2) is 14.9. The molecule has 0 spiro atoms. The highest BCUT2D eigenvalue weighted by molar-refractivity contribution is 7.89. The molecule has 0 radical (unpaired) electrons. The highest BCUT2D eigenvalue weighted by atomic mass is 32.2. The number of fused-ring (bicyclic) bond motifs is 1. The Kier molecular flexibility index (Phi) is 11.9. The molecule has 1 aromatic heterocycles. The van der Waals surface area contributed by atoms with Crippen LogP contribution in [0.15, 0.2) is 29.2 Å². The summed E-state index contributed by atoms with van der Waals surface area (Å²) in [6.45, 7) is 12.3. The van der Waals surface area contributed by atoms with Crippen molar-refractivity contribution in [2.45, 2.75) is 84.2 Å². The Balaban J connectivity index is 1.86. The Hall–Kier alpha value is -2.80. The summed E-state index contributed by atoms with van der Waals surface area (Å²) in [5.74, 6) is -1.11. The van der Waals surface area contributed by atoms with Crippen LogP contribution in [0.3, 0.4) is 0 Å². The van der Waals surface area contributed by atoms with Gasteiger partial charge in [0.2, 0.25) is 10.0 Å². The van der Waals surface area contributed by atoms with Crippen LogP contribution in [-0.4, -0.2) is 67.8 Å². The molecule has 0 fully saturated rings. The van der Waals surface area contributed by atoms with Crippen molar-refractivity contribution in [3.63, 3.8) is 0 Å². The van der Waals surface area contributed by atoms with Crippen molar-refractivity contribution >= 4 is 44.3 Å². The molecule has 2 heterocycles. The van der Waals surface area contributed by atoms with E-state index >= 15 is 0 Å². The van der Waals surface area contributed by atoms with Crippen LogP contribution in [0.1, 0.15) is 91.5 Å². The molecule has 1 aliphatic heterocycles. The van der Waals surface area contributed by atoms with Gasteiger partial charge in [0.1, 0.15) is 5.00 Å². The largest absolute Gasteiger partial charge is 0.450 e. The van der Waals surface area contributed by atoms with Crippen LogP contribution in [0.4, 0.5) is 9.80 Å². The Bertz CT molecular complexity index is 1310. The van der Waals surface area contributed by atoms with E-state index in [1.165, 1.54) is 39.9 Å². The summed E-state index contributed by atoms with van der Waals surface area (Å²) in [4.78, 5) is 41.8. The number of rotatable bonds is 13. The zero-order valence-corrected chi connectivity index (χ0v) is 26.3. The van der Waals surface area contributed by atoms with Gasteiger partial charge < -0.3 is 10.1 Å². The minimum atomic E-state index is -3.69. The molecule has 0 unspecified atom stereocenters. The normalized spacial score (nSPS) is 13.7. The smallest absolute Gasteiger partial charge is 0.414 e. The lowest BCUT2D eigenvalue weighted by Crippen LogP contribution is -2.36. The molecule has 1 aromatic carbocycles. The molecule has 41 heavy (non-hydrogen) atoms. The van der Waals surface area contributed by atoms with Crippen LogP contribution < -0.4 is 10.6 Å². The second-order valence-electron chi connectivity index (χ2n) is 10.3. The summed E-state index contributed by atoms with van der Waals surface area (Å²) in [5.41, 5.74) is 1.32. The first-order valence-corrected chi connectivity index (χ1v) is 16.6.